The maximum atomic E-state index is 12.4. The Labute approximate surface area is 159 Å². The molecule has 0 fully saturated rings. The van der Waals surface area contributed by atoms with Gasteiger partial charge < -0.3 is 14.8 Å². The van der Waals surface area contributed by atoms with E-state index >= 15 is 0 Å². The van der Waals surface area contributed by atoms with Gasteiger partial charge in [0.2, 0.25) is 0 Å². The first-order valence-electron chi connectivity index (χ1n) is 8.32. The number of benzene rings is 2. The lowest BCUT2D eigenvalue weighted by molar-refractivity contribution is 0.0977. The molecule has 0 atom stereocenters. The van der Waals surface area contributed by atoms with E-state index in [0.717, 1.165) is 6.42 Å². The summed E-state index contributed by atoms with van der Waals surface area (Å²) < 4.78 is 11.1. The highest BCUT2D eigenvalue weighted by Crippen LogP contribution is 2.23. The highest BCUT2D eigenvalue weighted by Gasteiger charge is 2.11. The van der Waals surface area contributed by atoms with Crippen LogP contribution in [0.4, 0.5) is 5.69 Å². The van der Waals surface area contributed by atoms with Gasteiger partial charge in [0.1, 0.15) is 18.1 Å². The van der Waals surface area contributed by atoms with Crippen LogP contribution in [0.15, 0.2) is 61.2 Å². The van der Waals surface area contributed by atoms with Gasteiger partial charge in [0.25, 0.3) is 5.91 Å². The number of para-hydroxylation sites is 2. The lowest BCUT2D eigenvalue weighted by Crippen LogP contribution is -2.34. The standard InChI is InChI=1S/C20H22N2O3S/c1-3-12-24-16-9-7-8-15(14-16)19(23)22-20(26)21-17-10-5-6-11-18(17)25-13-4-2/h4-11,14H,2-3,12-13H2,1H3,(H2,21,22,23,26). The van der Waals surface area contributed by atoms with E-state index in [2.05, 4.69) is 17.2 Å². The first kappa shape index (κ1) is 19.5. The molecule has 26 heavy (non-hydrogen) atoms. The quantitative estimate of drug-likeness (QED) is 0.540. The van der Waals surface area contributed by atoms with Crippen molar-refractivity contribution in [2.24, 2.45) is 0 Å². The van der Waals surface area contributed by atoms with Crippen LogP contribution in [-0.4, -0.2) is 24.2 Å². The van der Waals surface area contributed by atoms with Gasteiger partial charge in [-0.1, -0.05) is 37.8 Å². The number of hydrogen-bond acceptors (Lipinski definition) is 4. The molecular formula is C20H22N2O3S. The molecule has 0 aliphatic rings. The number of amides is 1. The van der Waals surface area contributed by atoms with Gasteiger partial charge in [0, 0.05) is 5.56 Å². The summed E-state index contributed by atoms with van der Waals surface area (Å²) in [5, 5.41) is 5.82. The molecule has 0 aromatic heterocycles. The molecule has 0 bridgehead atoms. The van der Waals surface area contributed by atoms with Crippen molar-refractivity contribution in [3.63, 3.8) is 0 Å². The van der Waals surface area contributed by atoms with Crippen molar-refractivity contribution in [2.45, 2.75) is 13.3 Å². The summed E-state index contributed by atoms with van der Waals surface area (Å²) >= 11 is 5.24. The minimum absolute atomic E-state index is 0.185. The molecule has 5 nitrogen and oxygen atoms in total. The lowest BCUT2D eigenvalue weighted by atomic mass is 10.2. The lowest BCUT2D eigenvalue weighted by Gasteiger charge is -2.14. The van der Waals surface area contributed by atoms with Crippen LogP contribution in [0.25, 0.3) is 0 Å². The third-order valence-electron chi connectivity index (χ3n) is 3.29. The SMILES string of the molecule is C=CCOc1ccccc1NC(=S)NC(=O)c1cccc(OCCC)c1. The fraction of sp³-hybridized carbons (Fsp3) is 0.200. The van der Waals surface area contributed by atoms with E-state index in [4.69, 9.17) is 21.7 Å². The fourth-order valence-electron chi connectivity index (χ4n) is 2.12. The van der Waals surface area contributed by atoms with E-state index in [-0.39, 0.29) is 11.0 Å². The largest absolute Gasteiger partial charge is 0.494 e. The Balaban J connectivity index is 1.99. The second kappa shape index (κ2) is 10.2. The predicted molar refractivity (Wildman–Crippen MR) is 108 cm³/mol. The Morgan fingerprint density at radius 3 is 2.77 bits per heavy atom. The van der Waals surface area contributed by atoms with E-state index in [9.17, 15) is 4.79 Å². The number of carbonyl (C=O) groups is 1. The van der Waals surface area contributed by atoms with Crippen LogP contribution in [0.3, 0.4) is 0 Å². The summed E-state index contributed by atoms with van der Waals surface area (Å²) in [7, 11) is 0. The van der Waals surface area contributed by atoms with Crippen LogP contribution in [0, 0.1) is 0 Å². The van der Waals surface area contributed by atoms with Gasteiger partial charge in [-0.25, -0.2) is 0 Å². The van der Waals surface area contributed by atoms with Gasteiger partial charge >= 0.3 is 0 Å². The van der Waals surface area contributed by atoms with Crippen molar-refractivity contribution in [2.75, 3.05) is 18.5 Å². The maximum Gasteiger partial charge on any atom is 0.257 e. The summed E-state index contributed by atoms with van der Waals surface area (Å²) in [5.41, 5.74) is 1.14. The highest BCUT2D eigenvalue weighted by molar-refractivity contribution is 7.80. The number of nitrogens with one attached hydrogen (secondary N) is 2. The Kier molecular flexibility index (Phi) is 7.64. The van der Waals surface area contributed by atoms with Crippen LogP contribution in [0.2, 0.25) is 0 Å². The smallest absolute Gasteiger partial charge is 0.257 e. The monoisotopic (exact) mass is 370 g/mol. The molecule has 6 heteroatoms. The molecule has 1 amide bonds. The van der Waals surface area contributed by atoms with E-state index in [1.165, 1.54) is 0 Å². The van der Waals surface area contributed by atoms with Gasteiger partial charge in [0.05, 0.1) is 12.3 Å². The highest BCUT2D eigenvalue weighted by atomic mass is 32.1. The minimum Gasteiger partial charge on any atom is -0.494 e. The molecule has 0 spiro atoms. The van der Waals surface area contributed by atoms with Crippen LogP contribution in [0.1, 0.15) is 23.7 Å². The average Bonchev–Trinajstić information content (AvgIpc) is 2.65. The summed E-state index contributed by atoms with van der Waals surface area (Å²) in [5.74, 6) is 0.967. The summed E-state index contributed by atoms with van der Waals surface area (Å²) in [4.78, 5) is 12.4. The van der Waals surface area contributed by atoms with Gasteiger partial charge in [-0.3, -0.25) is 10.1 Å². The molecule has 2 aromatic carbocycles. The summed E-state index contributed by atoms with van der Waals surface area (Å²) in [6.07, 6.45) is 2.56. The molecule has 136 valence electrons. The summed E-state index contributed by atoms with van der Waals surface area (Å²) in [6, 6.07) is 14.3. The minimum atomic E-state index is -0.311. The molecule has 0 saturated carbocycles. The number of anilines is 1. The Morgan fingerprint density at radius 1 is 1.19 bits per heavy atom. The number of rotatable bonds is 8. The zero-order valence-corrected chi connectivity index (χ0v) is 15.5. The number of carbonyl (C=O) groups excluding carboxylic acids is 1. The molecule has 0 radical (unpaired) electrons. The van der Waals surface area contributed by atoms with Crippen molar-refractivity contribution in [1.82, 2.24) is 5.32 Å². The van der Waals surface area contributed by atoms with Gasteiger partial charge in [-0.15, -0.1) is 0 Å². The first-order valence-corrected chi connectivity index (χ1v) is 8.72. The van der Waals surface area contributed by atoms with Crippen molar-refractivity contribution in [3.05, 3.63) is 66.7 Å². The van der Waals surface area contributed by atoms with Crippen molar-refractivity contribution >= 4 is 28.9 Å². The second-order valence-corrected chi connectivity index (χ2v) is 5.79. The Morgan fingerprint density at radius 2 is 2.00 bits per heavy atom. The normalized spacial score (nSPS) is 9.88. The Bertz CT molecular complexity index is 777. The van der Waals surface area contributed by atoms with Crippen LogP contribution >= 0.6 is 12.2 Å². The molecule has 2 N–H and O–H groups in total. The number of ether oxygens (including phenoxy) is 2. The molecule has 0 aliphatic carbocycles. The van der Waals surface area contributed by atoms with Crippen molar-refractivity contribution in [1.29, 1.82) is 0 Å². The number of thiocarbonyl (C=S) groups is 1. The van der Waals surface area contributed by atoms with Crippen LogP contribution < -0.4 is 20.1 Å². The van der Waals surface area contributed by atoms with E-state index in [1.807, 2.05) is 37.3 Å². The number of hydrogen-bond donors (Lipinski definition) is 2. The molecule has 2 aromatic rings. The summed E-state index contributed by atoms with van der Waals surface area (Å²) in [6.45, 7) is 6.63. The van der Waals surface area contributed by atoms with Crippen molar-refractivity contribution in [3.8, 4) is 11.5 Å². The van der Waals surface area contributed by atoms with Crippen LogP contribution in [-0.2, 0) is 0 Å². The van der Waals surface area contributed by atoms with Gasteiger partial charge in [0.15, 0.2) is 5.11 Å². The van der Waals surface area contributed by atoms with Gasteiger partial charge in [-0.2, -0.15) is 0 Å². The molecule has 0 saturated heterocycles. The van der Waals surface area contributed by atoms with Gasteiger partial charge in [-0.05, 0) is 49.0 Å². The average molecular weight is 370 g/mol. The third-order valence-corrected chi connectivity index (χ3v) is 3.49. The maximum absolute atomic E-state index is 12.4. The molecule has 0 aliphatic heterocycles. The van der Waals surface area contributed by atoms with Crippen LogP contribution in [0.5, 0.6) is 11.5 Å². The zero-order chi connectivity index (χ0) is 18.8. The second-order valence-electron chi connectivity index (χ2n) is 5.38. The predicted octanol–water partition coefficient (Wildman–Crippen LogP) is 4.17. The zero-order valence-electron chi connectivity index (χ0n) is 14.7. The van der Waals surface area contributed by atoms with E-state index in [0.29, 0.717) is 36.0 Å². The topological polar surface area (TPSA) is 59.6 Å². The molecule has 0 heterocycles. The molecule has 0 unspecified atom stereocenters. The third kappa shape index (κ3) is 5.89. The molecular weight excluding hydrogens is 348 g/mol. The van der Waals surface area contributed by atoms with E-state index in [1.54, 1.807) is 24.3 Å². The van der Waals surface area contributed by atoms with E-state index < -0.39 is 0 Å². The Hall–Kier alpha value is -2.86. The first-order chi connectivity index (χ1) is 12.6. The molecule has 2 rings (SSSR count). The van der Waals surface area contributed by atoms with Crippen molar-refractivity contribution < 1.29 is 14.3 Å². The fourth-order valence-corrected chi connectivity index (χ4v) is 2.32.